The number of benzene rings is 3. The molecule has 4 nitrogen and oxygen atoms in total. The first-order valence-electron chi connectivity index (χ1n) is 18.4. The van der Waals surface area contributed by atoms with Crippen LogP contribution < -0.4 is 0 Å². The molecule has 2 aliphatic rings. The van der Waals surface area contributed by atoms with E-state index in [9.17, 15) is 0 Å². The van der Waals surface area contributed by atoms with Gasteiger partial charge >= 0.3 is 0 Å². The number of nitrogens with zero attached hydrogens (tertiary/aromatic N) is 2. The Kier molecular flexibility index (Phi) is 9.62. The minimum atomic E-state index is 0.928. The van der Waals surface area contributed by atoms with Gasteiger partial charge in [0.25, 0.3) is 0 Å². The molecule has 8 bridgehead atoms. The molecule has 2 N–H and O–H groups in total. The zero-order chi connectivity index (χ0) is 35.6. The van der Waals surface area contributed by atoms with Crippen molar-refractivity contribution in [3.8, 4) is 33.4 Å². The third-order valence-corrected chi connectivity index (χ3v) is 10.8. The molecule has 0 unspecified atom stereocenters. The van der Waals surface area contributed by atoms with Gasteiger partial charge in [0, 0.05) is 49.7 Å². The Balaban J connectivity index is 1.48. The number of fused-ring (bicyclic) bond motifs is 8. The van der Waals surface area contributed by atoms with Gasteiger partial charge in [-0.3, -0.25) is 0 Å². The van der Waals surface area contributed by atoms with E-state index in [-0.39, 0.29) is 0 Å². The maximum atomic E-state index is 5.42. The molecule has 3 aromatic carbocycles. The van der Waals surface area contributed by atoms with Gasteiger partial charge in [0.05, 0.1) is 22.8 Å². The Labute approximate surface area is 314 Å². The van der Waals surface area contributed by atoms with Gasteiger partial charge in [-0.15, -0.1) is 0 Å². The molecule has 5 heteroatoms. The van der Waals surface area contributed by atoms with E-state index in [2.05, 4.69) is 168 Å². The van der Waals surface area contributed by atoms with E-state index in [1.807, 2.05) is 0 Å². The SMILES string of the molecule is Cc1ccc(-c2c3nc(c(-c4ccc(C)cc4)c4ccc([nH]4)c(-c4ccc(C)cc4)c4nc(c(CCCCCCBr)c5ccc2[nH]5)C=C4)C=C3)cc1. The van der Waals surface area contributed by atoms with E-state index in [4.69, 9.17) is 9.97 Å². The molecule has 0 saturated carbocycles. The van der Waals surface area contributed by atoms with Gasteiger partial charge in [-0.25, -0.2) is 9.97 Å². The zero-order valence-electron chi connectivity index (χ0n) is 30.1. The van der Waals surface area contributed by atoms with Crippen LogP contribution in [-0.4, -0.2) is 25.3 Å². The van der Waals surface area contributed by atoms with Crippen molar-refractivity contribution in [1.82, 2.24) is 19.9 Å². The number of nitrogens with one attached hydrogen (secondary N) is 2. The average Bonchev–Trinajstić information content (AvgIpc) is 3.99. The summed E-state index contributed by atoms with van der Waals surface area (Å²) in [6.45, 7) is 6.40. The lowest BCUT2D eigenvalue weighted by Gasteiger charge is -2.07. The largest absolute Gasteiger partial charge is 0.355 e. The molecular weight excluding hydrogens is 700 g/mol. The molecule has 0 fully saturated rings. The highest BCUT2D eigenvalue weighted by molar-refractivity contribution is 9.09. The first-order chi connectivity index (χ1) is 25.4. The van der Waals surface area contributed by atoms with Gasteiger partial charge in [-0.2, -0.15) is 0 Å². The molecule has 8 rings (SSSR count). The van der Waals surface area contributed by atoms with Gasteiger partial charge in [0.1, 0.15) is 0 Å². The van der Waals surface area contributed by atoms with Crippen molar-refractivity contribution >= 4 is 62.3 Å². The summed E-state index contributed by atoms with van der Waals surface area (Å²) in [5, 5.41) is 1.05. The molecule has 0 saturated heterocycles. The standard InChI is InChI=1S/C47H43BrN4/c1-30-9-15-33(16-10-30)45-39-23-21-37(49-39)36(8-6-4-5-7-29-48)38-22-24-40(50-38)46(34-17-11-31(2)12-18-34)42-26-28-44(52-42)47(43-27-25-41(45)51-43)35-19-13-32(3)14-20-35/h9-28,49,52H,4-8,29H2,1-3H3. The normalized spacial score (nSPS) is 12.2. The lowest BCUT2D eigenvalue weighted by Crippen LogP contribution is -1.93. The predicted molar refractivity (Wildman–Crippen MR) is 225 cm³/mol. The summed E-state index contributed by atoms with van der Waals surface area (Å²) >= 11 is 3.61. The number of aromatic nitrogens is 4. The van der Waals surface area contributed by atoms with Crippen molar-refractivity contribution in [1.29, 1.82) is 0 Å². The monoisotopic (exact) mass is 742 g/mol. The first-order valence-corrected chi connectivity index (χ1v) is 19.5. The Morgan fingerprint density at radius 3 is 1.23 bits per heavy atom. The Morgan fingerprint density at radius 2 is 0.788 bits per heavy atom. The summed E-state index contributed by atoms with van der Waals surface area (Å²) < 4.78 is 0. The molecule has 3 aromatic heterocycles. The number of alkyl halides is 1. The predicted octanol–water partition coefficient (Wildman–Crippen LogP) is 13.1. The van der Waals surface area contributed by atoms with E-state index >= 15 is 0 Å². The minimum absolute atomic E-state index is 0.928. The summed E-state index contributed by atoms with van der Waals surface area (Å²) in [6.07, 6.45) is 14.4. The maximum Gasteiger partial charge on any atom is 0.0737 e. The lowest BCUT2D eigenvalue weighted by atomic mass is 10.0. The number of hydrogen-bond acceptors (Lipinski definition) is 2. The molecule has 2 aliphatic heterocycles. The van der Waals surface area contributed by atoms with Crippen molar-refractivity contribution in [2.24, 2.45) is 0 Å². The van der Waals surface area contributed by atoms with E-state index in [1.165, 1.54) is 41.5 Å². The number of H-pyrrole nitrogens is 2. The van der Waals surface area contributed by atoms with Crippen molar-refractivity contribution in [2.45, 2.75) is 52.9 Å². The summed E-state index contributed by atoms with van der Waals surface area (Å²) in [4.78, 5) is 18.6. The van der Waals surface area contributed by atoms with E-state index in [0.717, 1.165) is 96.4 Å². The fraction of sp³-hybridized carbons (Fsp3) is 0.191. The van der Waals surface area contributed by atoms with E-state index < -0.39 is 0 Å². The van der Waals surface area contributed by atoms with Crippen LogP contribution in [0.3, 0.4) is 0 Å². The number of aryl methyl sites for hydroxylation is 4. The van der Waals surface area contributed by atoms with Crippen molar-refractivity contribution in [3.05, 3.63) is 142 Å². The van der Waals surface area contributed by atoms with Crippen LogP contribution in [0.5, 0.6) is 0 Å². The van der Waals surface area contributed by atoms with Crippen molar-refractivity contribution < 1.29 is 0 Å². The summed E-state index contributed by atoms with van der Waals surface area (Å²) in [6, 6.07) is 35.2. The summed E-state index contributed by atoms with van der Waals surface area (Å²) in [5.41, 5.74) is 19.6. The van der Waals surface area contributed by atoms with Gasteiger partial charge < -0.3 is 9.97 Å². The molecule has 52 heavy (non-hydrogen) atoms. The molecule has 6 aromatic rings. The number of hydrogen-bond donors (Lipinski definition) is 2. The highest BCUT2D eigenvalue weighted by Gasteiger charge is 2.18. The second-order valence-corrected chi connectivity index (χ2v) is 14.9. The highest BCUT2D eigenvalue weighted by atomic mass is 79.9. The van der Waals surface area contributed by atoms with E-state index in [0.29, 0.717) is 0 Å². The molecule has 0 amide bonds. The fourth-order valence-electron chi connectivity index (χ4n) is 7.35. The molecule has 0 atom stereocenters. The Morgan fingerprint density at radius 1 is 0.423 bits per heavy atom. The molecule has 0 aliphatic carbocycles. The quantitative estimate of drug-likeness (QED) is 0.114. The molecule has 0 radical (unpaired) electrons. The van der Waals surface area contributed by atoms with Crippen molar-refractivity contribution in [2.75, 3.05) is 5.33 Å². The number of unbranched alkanes of at least 4 members (excludes halogenated alkanes) is 3. The van der Waals surface area contributed by atoms with Crippen LogP contribution in [0.25, 0.3) is 79.8 Å². The van der Waals surface area contributed by atoms with Crippen molar-refractivity contribution in [3.63, 3.8) is 0 Å². The molecule has 0 spiro atoms. The number of rotatable bonds is 9. The first kappa shape index (κ1) is 33.9. The molecule has 5 heterocycles. The van der Waals surface area contributed by atoms with Crippen LogP contribution in [-0.2, 0) is 6.42 Å². The lowest BCUT2D eigenvalue weighted by molar-refractivity contribution is 0.672. The van der Waals surface area contributed by atoms with Crippen LogP contribution in [0.15, 0.2) is 97.1 Å². The third-order valence-electron chi connectivity index (χ3n) is 10.2. The topological polar surface area (TPSA) is 57.4 Å². The highest BCUT2D eigenvalue weighted by Crippen LogP contribution is 2.37. The van der Waals surface area contributed by atoms with Crippen LogP contribution in [0.4, 0.5) is 0 Å². The second kappa shape index (κ2) is 14.8. The summed E-state index contributed by atoms with van der Waals surface area (Å²) in [5.74, 6) is 0. The Bertz CT molecular complexity index is 2430. The van der Waals surface area contributed by atoms with Gasteiger partial charge in [0.2, 0.25) is 0 Å². The number of aromatic amines is 2. The number of halogens is 1. The van der Waals surface area contributed by atoms with Gasteiger partial charge in [-0.05, 0) is 105 Å². The van der Waals surface area contributed by atoms with Gasteiger partial charge in [0.15, 0.2) is 0 Å². The summed E-state index contributed by atoms with van der Waals surface area (Å²) in [7, 11) is 0. The fourth-order valence-corrected chi connectivity index (χ4v) is 7.75. The van der Waals surface area contributed by atoms with Crippen LogP contribution in [0.2, 0.25) is 0 Å². The van der Waals surface area contributed by atoms with Crippen LogP contribution in [0, 0.1) is 20.8 Å². The second-order valence-electron chi connectivity index (χ2n) is 14.1. The molecular formula is C47H43BrN4. The third kappa shape index (κ3) is 6.86. The Hall–Kier alpha value is -5.26. The average molecular weight is 744 g/mol. The minimum Gasteiger partial charge on any atom is -0.355 e. The van der Waals surface area contributed by atoms with E-state index in [1.54, 1.807) is 0 Å². The van der Waals surface area contributed by atoms with Gasteiger partial charge in [-0.1, -0.05) is 118 Å². The smallest absolute Gasteiger partial charge is 0.0737 e. The van der Waals surface area contributed by atoms with Crippen LogP contribution in [0.1, 0.15) is 70.7 Å². The van der Waals surface area contributed by atoms with Crippen LogP contribution >= 0.6 is 15.9 Å². The maximum absolute atomic E-state index is 5.42. The molecule has 258 valence electrons. The zero-order valence-corrected chi connectivity index (χ0v) is 31.6.